The number of Topliss-reactive ketones (excluding diaryl/α,β-unsaturated/α-hetero) is 2. The minimum atomic E-state index is -1.53. The zero-order valence-corrected chi connectivity index (χ0v) is 62.1. The van der Waals surface area contributed by atoms with E-state index in [9.17, 15) is 48.3 Å². The highest BCUT2D eigenvalue weighted by molar-refractivity contribution is 6.07. The molecule has 8 rings (SSSR count). The largest absolute Gasteiger partial charge is 0.493 e. The fourth-order valence-corrected chi connectivity index (χ4v) is 12.3. The Morgan fingerprint density at radius 1 is 0.613 bits per heavy atom. The number of hydrogen-bond acceptors (Lipinski definition) is 24. The molecule has 5 aliphatic rings. The molecule has 0 aromatic heterocycles. The first-order valence-corrected chi connectivity index (χ1v) is 36.2. The number of aliphatic hydroxyl groups excluding tert-OH is 1. The van der Waals surface area contributed by atoms with Crippen LogP contribution in [0.1, 0.15) is 118 Å². The van der Waals surface area contributed by atoms with Gasteiger partial charge >= 0.3 is 6.09 Å². The monoisotopic (exact) mass is 1480 g/mol. The third-order valence-electron chi connectivity index (χ3n) is 18.2. The molecule has 0 saturated carbocycles. The normalized spacial score (nSPS) is 18.0. The molecular weight excluding hydrogens is 1380 g/mol. The fraction of sp³-hybridized carbons (Fsp3) is 0.579. The van der Waals surface area contributed by atoms with Gasteiger partial charge in [-0.1, -0.05) is 56.2 Å². The van der Waals surface area contributed by atoms with Crippen molar-refractivity contribution in [3.8, 4) is 23.0 Å². The predicted octanol–water partition coefficient (Wildman–Crippen LogP) is 6.25. The van der Waals surface area contributed by atoms with E-state index in [-0.39, 0.29) is 148 Å². The van der Waals surface area contributed by atoms with Gasteiger partial charge < -0.3 is 87.1 Å². The predicted molar refractivity (Wildman–Crippen MR) is 385 cm³/mol. The van der Waals surface area contributed by atoms with Crippen LogP contribution in [0, 0.1) is 17.8 Å². The van der Waals surface area contributed by atoms with Crippen molar-refractivity contribution in [3.05, 3.63) is 94.3 Å². The van der Waals surface area contributed by atoms with Crippen molar-refractivity contribution in [3.63, 3.8) is 0 Å². The lowest BCUT2D eigenvalue weighted by atomic mass is 9.88. The number of nitrogens with zero attached hydrogens (tertiary/aromatic N) is 5. The van der Waals surface area contributed by atoms with Gasteiger partial charge in [0.2, 0.25) is 23.6 Å². The number of imide groups is 1. The molecule has 5 heterocycles. The topological polar surface area (TPSA) is 343 Å². The number of amides is 7. The molecule has 30 heteroatoms. The summed E-state index contributed by atoms with van der Waals surface area (Å²) in [5.41, 5.74) is 4.08. The average molecular weight is 1480 g/mol. The van der Waals surface area contributed by atoms with Crippen molar-refractivity contribution in [1.29, 1.82) is 0 Å². The van der Waals surface area contributed by atoms with Gasteiger partial charge in [0.25, 0.3) is 11.8 Å². The fourth-order valence-electron chi connectivity index (χ4n) is 12.3. The summed E-state index contributed by atoms with van der Waals surface area (Å²) in [5.74, 6) is -2.22. The van der Waals surface area contributed by atoms with Gasteiger partial charge in [-0.2, -0.15) is 0 Å². The summed E-state index contributed by atoms with van der Waals surface area (Å²) in [4.78, 5) is 128. The summed E-state index contributed by atoms with van der Waals surface area (Å²) < 4.78 is 73.7. The molecule has 3 aromatic rings. The van der Waals surface area contributed by atoms with E-state index in [4.69, 9.17) is 61.6 Å². The average Bonchev–Trinajstić information content (AvgIpc) is 1.74. The second-order valence-electron chi connectivity index (χ2n) is 26.6. The molecule has 580 valence electrons. The minimum Gasteiger partial charge on any atom is -0.493 e. The molecule has 3 aromatic carbocycles. The van der Waals surface area contributed by atoms with Gasteiger partial charge in [-0.3, -0.25) is 48.2 Å². The van der Waals surface area contributed by atoms with Crippen LogP contribution in [0.5, 0.6) is 23.0 Å². The number of nitrogens with one attached hydrogen (secondary N) is 2. The highest BCUT2D eigenvalue weighted by Gasteiger charge is 2.45. The number of aliphatic imine (C=N–C) groups is 1. The Labute approximate surface area is 618 Å². The Hall–Kier alpha value is -8.72. The molecule has 30 nitrogen and oxygen atoms in total. The molecule has 0 bridgehead atoms. The molecule has 1 saturated heterocycles. The number of fused-ring (bicyclic) bond motifs is 4. The van der Waals surface area contributed by atoms with E-state index in [0.717, 1.165) is 20.9 Å². The first kappa shape index (κ1) is 82.9. The molecule has 0 radical (unpaired) electrons. The lowest BCUT2D eigenvalue weighted by molar-refractivity contribution is -0.139. The van der Waals surface area contributed by atoms with Crippen LogP contribution in [0.4, 0.5) is 16.2 Å². The molecule has 1 fully saturated rings. The van der Waals surface area contributed by atoms with E-state index in [1.54, 1.807) is 67.6 Å². The summed E-state index contributed by atoms with van der Waals surface area (Å²) in [6.07, 6.45) is 4.46. The summed E-state index contributed by atoms with van der Waals surface area (Å²) in [7, 11) is 2.92. The van der Waals surface area contributed by atoms with Crippen LogP contribution in [-0.2, 0) is 84.4 Å². The smallest absolute Gasteiger partial charge is 0.416 e. The van der Waals surface area contributed by atoms with Crippen molar-refractivity contribution in [2.24, 2.45) is 22.7 Å². The van der Waals surface area contributed by atoms with Gasteiger partial charge in [0.05, 0.1) is 174 Å². The van der Waals surface area contributed by atoms with Gasteiger partial charge in [0.15, 0.2) is 35.0 Å². The number of carbonyl (C=O) groups is 9. The number of carbonyl (C=O) groups excluding carboxylic acids is 9. The summed E-state index contributed by atoms with van der Waals surface area (Å²) >= 11 is 0. The standard InChI is InChI=1S/C76H103N7O23/c1-49(2)58(40-57(84)15-20-96-22-24-98-26-28-100-30-32-102-34-35-103-33-31-101-29-27-99-25-23-97-21-16-77-69(86)14-17-80-70(87)38-52(5)72(80)89)71(88)79-53(6)64(85)39-54-10-12-55(13-11-54)48-106-76(93)83-62-44-68(66(95-8)42-60(62)74(91)82-47-51(4)37-63(82)75(83)92)105-19-9-18-104-67-43-61-59(41-65(67)94-7)73(90)81-46-50(3)36-56(81)45-78-61/h10-13,41-47,49,52-53,56,58,63,75,92H,9,14-40,48H2,1-8H3,(H,77,86)(H,79,88)/t52?,53-,56-,58-,63-,75-/m0/s1. The second kappa shape index (κ2) is 42.6. The van der Waals surface area contributed by atoms with Crippen LogP contribution < -0.4 is 34.5 Å². The highest BCUT2D eigenvalue weighted by atomic mass is 16.6. The first-order chi connectivity index (χ1) is 51.1. The van der Waals surface area contributed by atoms with Crippen LogP contribution in [-0.4, -0.2) is 250 Å². The number of methoxy groups -OCH3 is 2. The summed E-state index contributed by atoms with van der Waals surface area (Å²) in [5, 5.41) is 17.5. The molecule has 0 aliphatic carbocycles. The number of aliphatic hydroxyl groups is 1. The van der Waals surface area contributed by atoms with Gasteiger partial charge in [-0.15, -0.1) is 0 Å². The zero-order chi connectivity index (χ0) is 76.1. The van der Waals surface area contributed by atoms with E-state index in [0.29, 0.717) is 152 Å². The van der Waals surface area contributed by atoms with E-state index in [2.05, 4.69) is 15.6 Å². The molecule has 7 amide bonds. The van der Waals surface area contributed by atoms with E-state index >= 15 is 0 Å². The molecular formula is C76H103N7O23. The Morgan fingerprint density at radius 2 is 1.14 bits per heavy atom. The van der Waals surface area contributed by atoms with Crippen LogP contribution in [0.25, 0.3) is 0 Å². The van der Waals surface area contributed by atoms with Gasteiger partial charge in [0, 0.05) is 94.2 Å². The van der Waals surface area contributed by atoms with Gasteiger partial charge in [-0.25, -0.2) is 9.69 Å². The van der Waals surface area contributed by atoms with Gasteiger partial charge in [-0.05, 0) is 62.8 Å². The first-order valence-electron chi connectivity index (χ1n) is 36.2. The van der Waals surface area contributed by atoms with Crippen LogP contribution >= 0.6 is 0 Å². The quantitative estimate of drug-likeness (QED) is 0.0415. The van der Waals surface area contributed by atoms with E-state index in [1.165, 1.54) is 31.3 Å². The number of ketones is 2. The van der Waals surface area contributed by atoms with Crippen LogP contribution in [0.3, 0.4) is 0 Å². The molecule has 6 atom stereocenters. The van der Waals surface area contributed by atoms with Crippen LogP contribution in [0.2, 0.25) is 0 Å². The number of rotatable bonds is 48. The molecule has 0 spiro atoms. The molecule has 3 N–H and O–H groups in total. The second-order valence-corrected chi connectivity index (χ2v) is 26.6. The minimum absolute atomic E-state index is 0.0163. The maximum Gasteiger partial charge on any atom is 0.416 e. The summed E-state index contributed by atoms with van der Waals surface area (Å²) in [6.45, 7) is 16.9. The number of benzene rings is 3. The maximum atomic E-state index is 14.3. The van der Waals surface area contributed by atoms with E-state index in [1.807, 2.05) is 33.9 Å². The maximum absolute atomic E-state index is 14.3. The Kier molecular flexibility index (Phi) is 33.3. The summed E-state index contributed by atoms with van der Waals surface area (Å²) in [6, 6.07) is 11.2. The lowest BCUT2D eigenvalue weighted by Gasteiger charge is -2.31. The van der Waals surface area contributed by atoms with Crippen molar-refractivity contribution >= 4 is 70.7 Å². The molecule has 5 aliphatic heterocycles. The van der Waals surface area contributed by atoms with Gasteiger partial charge in [0.1, 0.15) is 12.4 Å². The van der Waals surface area contributed by atoms with Crippen molar-refractivity contribution in [2.75, 3.05) is 151 Å². The Bertz CT molecular complexity index is 3580. The van der Waals surface area contributed by atoms with Crippen molar-refractivity contribution in [2.45, 2.75) is 124 Å². The number of anilines is 1. The van der Waals surface area contributed by atoms with Crippen molar-refractivity contribution < 1.29 is 110 Å². The Morgan fingerprint density at radius 3 is 1.71 bits per heavy atom. The molecule has 1 unspecified atom stereocenters. The van der Waals surface area contributed by atoms with Crippen LogP contribution in [0.15, 0.2) is 77.1 Å². The van der Waals surface area contributed by atoms with Crippen molar-refractivity contribution in [1.82, 2.24) is 25.3 Å². The zero-order valence-electron chi connectivity index (χ0n) is 62.1. The number of likely N-dealkylation sites (tertiary alicyclic amines) is 1. The molecule has 106 heavy (non-hydrogen) atoms. The third kappa shape index (κ3) is 24.4. The Balaban J connectivity index is 0.650. The third-order valence-corrected chi connectivity index (χ3v) is 18.2. The number of hydrogen-bond donors (Lipinski definition) is 3. The lowest BCUT2D eigenvalue weighted by Crippen LogP contribution is -2.50. The SMILES string of the molecule is COc1cc2c(cc1OCCCOc1cc3c(cc1OC)C(=O)N1C=C(C)C[C@H]1[C@H](O)N3C(=O)OCc1ccc(CC(=O)[C@H](C)NC(=O)[C@@H](CC(=O)CCOCCOCCOCCOCCOCCOCCOCCOCCNC(=O)CCN3C(=O)CC(C)C3=O)C(C)C)cc1)N=C[C@@H]1CC(C)=CN1C2=O. The van der Waals surface area contributed by atoms with E-state index < -0.39 is 42.1 Å². The highest BCUT2D eigenvalue weighted by Crippen LogP contribution is 2.43. The number of ether oxygens (including phenoxy) is 13.